The van der Waals surface area contributed by atoms with Crippen LogP contribution in [0.4, 0.5) is 0 Å². The Balaban J connectivity index is 1.28. The van der Waals surface area contributed by atoms with Gasteiger partial charge in [-0.2, -0.15) is 0 Å². The Kier molecular flexibility index (Phi) is 6.49. The van der Waals surface area contributed by atoms with Crippen LogP contribution in [0, 0.1) is 0 Å². The van der Waals surface area contributed by atoms with Gasteiger partial charge in [-0.05, 0) is 47.5 Å². The Hall–Kier alpha value is -6.72. The maximum Gasteiger partial charge on any atom is 0.159 e. The van der Waals surface area contributed by atoms with Crippen LogP contribution < -0.4 is 5.32 Å². The number of rotatable bonds is 5. The second-order valence-corrected chi connectivity index (χ2v) is 12.6. The largest absolute Gasteiger partial charge is 0.456 e. The normalized spacial score (nSPS) is 14.6. The highest BCUT2D eigenvalue weighted by atomic mass is 16.3. The number of amidine groups is 2. The van der Waals surface area contributed by atoms with E-state index in [1.54, 1.807) is 0 Å². The van der Waals surface area contributed by atoms with Gasteiger partial charge >= 0.3 is 0 Å². The van der Waals surface area contributed by atoms with Crippen LogP contribution in [0.5, 0.6) is 0 Å². The van der Waals surface area contributed by atoms with Crippen molar-refractivity contribution >= 4 is 55.4 Å². The molecule has 1 atom stereocenters. The second kappa shape index (κ2) is 11.5. The minimum atomic E-state index is -0.439. The molecule has 3 heterocycles. The molecule has 0 spiro atoms. The highest BCUT2D eigenvalue weighted by Gasteiger charge is 2.28. The van der Waals surface area contributed by atoms with E-state index in [0.29, 0.717) is 5.84 Å². The third-order valence-electron chi connectivity index (χ3n) is 9.67. The van der Waals surface area contributed by atoms with E-state index in [2.05, 4.69) is 131 Å². The highest BCUT2D eigenvalue weighted by molar-refractivity contribution is 6.16. The minimum absolute atomic E-state index is 0.439. The molecule has 2 aromatic heterocycles. The van der Waals surface area contributed by atoms with Gasteiger partial charge in [0.25, 0.3) is 0 Å². The number of hydrogen-bond acceptors (Lipinski definition) is 4. The summed E-state index contributed by atoms with van der Waals surface area (Å²) >= 11 is 0. The molecule has 0 saturated heterocycles. The molecule has 0 bridgehead atoms. The number of aliphatic imine (C=N–C) groups is 2. The molecule has 1 N–H and O–H groups in total. The first-order chi connectivity index (χ1) is 24.8. The molecule has 1 aliphatic heterocycles. The van der Waals surface area contributed by atoms with Gasteiger partial charge in [0, 0.05) is 32.8 Å². The predicted octanol–water partition coefficient (Wildman–Crippen LogP) is 10.8. The molecule has 0 fully saturated rings. The van der Waals surface area contributed by atoms with Crippen molar-refractivity contribution in [2.45, 2.75) is 6.17 Å². The summed E-state index contributed by atoms with van der Waals surface area (Å²) in [5.74, 6) is 1.47. The SMILES string of the molecule is c1ccc(C2=NC(c3ccc4oc5ccccc5c4c3-n3c4ccccc4c4cc(-c5ccccc5)ccc43)NC(c3ccccc3)=N2)cc1. The Bertz CT molecular complexity index is 2780. The topological polar surface area (TPSA) is 54.8 Å². The van der Waals surface area contributed by atoms with Crippen LogP contribution in [0.2, 0.25) is 0 Å². The zero-order valence-corrected chi connectivity index (χ0v) is 27.0. The monoisotopic (exact) mass is 642 g/mol. The zero-order chi connectivity index (χ0) is 33.0. The third-order valence-corrected chi connectivity index (χ3v) is 9.67. The van der Waals surface area contributed by atoms with Gasteiger partial charge in [0.05, 0.1) is 22.1 Å². The molecule has 0 radical (unpaired) electrons. The summed E-state index contributed by atoms with van der Waals surface area (Å²) in [6.07, 6.45) is -0.439. The van der Waals surface area contributed by atoms with Crippen LogP contribution in [0.3, 0.4) is 0 Å². The average molecular weight is 643 g/mol. The van der Waals surface area contributed by atoms with Gasteiger partial charge in [-0.25, -0.2) is 9.98 Å². The lowest BCUT2D eigenvalue weighted by Gasteiger charge is -2.26. The van der Waals surface area contributed by atoms with E-state index >= 15 is 0 Å². The Labute approximate surface area is 288 Å². The molecule has 5 heteroatoms. The van der Waals surface area contributed by atoms with Gasteiger partial charge in [-0.1, -0.05) is 133 Å². The van der Waals surface area contributed by atoms with Gasteiger partial charge in [0.2, 0.25) is 0 Å². The van der Waals surface area contributed by atoms with E-state index in [0.717, 1.165) is 61.2 Å². The summed E-state index contributed by atoms with van der Waals surface area (Å²) < 4.78 is 8.93. The molecule has 236 valence electrons. The highest BCUT2D eigenvalue weighted by Crippen LogP contribution is 2.43. The molecule has 0 saturated carbocycles. The Morgan fingerprint density at radius 3 is 1.92 bits per heavy atom. The minimum Gasteiger partial charge on any atom is -0.456 e. The number of hydrogen-bond donors (Lipinski definition) is 1. The molecular weight excluding hydrogens is 613 g/mol. The molecular formula is C45H30N4O. The third kappa shape index (κ3) is 4.55. The second-order valence-electron chi connectivity index (χ2n) is 12.6. The fourth-order valence-corrected chi connectivity index (χ4v) is 7.37. The fourth-order valence-electron chi connectivity index (χ4n) is 7.37. The van der Waals surface area contributed by atoms with Crippen molar-refractivity contribution in [3.8, 4) is 16.8 Å². The van der Waals surface area contributed by atoms with Crippen molar-refractivity contribution in [3.05, 3.63) is 187 Å². The number of aromatic nitrogens is 1. The van der Waals surface area contributed by atoms with Crippen LogP contribution in [0.15, 0.2) is 184 Å². The lowest BCUT2D eigenvalue weighted by Crippen LogP contribution is -2.34. The van der Waals surface area contributed by atoms with E-state index in [1.807, 2.05) is 48.5 Å². The van der Waals surface area contributed by atoms with Crippen molar-refractivity contribution in [2.24, 2.45) is 9.98 Å². The molecule has 9 aromatic rings. The molecule has 1 aliphatic rings. The van der Waals surface area contributed by atoms with Crippen molar-refractivity contribution < 1.29 is 4.42 Å². The zero-order valence-electron chi connectivity index (χ0n) is 27.0. The number of para-hydroxylation sites is 2. The van der Waals surface area contributed by atoms with Gasteiger partial charge in [0.15, 0.2) is 5.84 Å². The Morgan fingerprint density at radius 1 is 0.500 bits per heavy atom. The molecule has 0 aliphatic carbocycles. The van der Waals surface area contributed by atoms with Crippen LogP contribution >= 0.6 is 0 Å². The fraction of sp³-hybridized carbons (Fsp3) is 0.0222. The van der Waals surface area contributed by atoms with Crippen LogP contribution in [0.25, 0.3) is 60.6 Å². The average Bonchev–Trinajstić information content (AvgIpc) is 3.74. The summed E-state index contributed by atoms with van der Waals surface area (Å²) in [5, 5.41) is 8.23. The lowest BCUT2D eigenvalue weighted by atomic mass is 10.0. The predicted molar refractivity (Wildman–Crippen MR) is 205 cm³/mol. The van der Waals surface area contributed by atoms with E-state index in [4.69, 9.17) is 14.4 Å². The van der Waals surface area contributed by atoms with Gasteiger partial charge in [-0.15, -0.1) is 0 Å². The maximum atomic E-state index is 6.52. The summed E-state index contributed by atoms with van der Waals surface area (Å²) in [6.45, 7) is 0. The standard InChI is InChI=1S/C45H30N4O/c1-4-14-29(15-5-1)32-24-26-38-36(28-32)33-20-10-12-22-37(33)49(38)42-35(25-27-40-41(42)34-21-11-13-23-39(34)50-40)45-47-43(30-16-6-2-7-17-30)46-44(48-45)31-18-8-3-9-19-31/h1-28,45H,(H,46,47,48). The van der Waals surface area contributed by atoms with Crippen LogP contribution in [-0.4, -0.2) is 16.2 Å². The Morgan fingerprint density at radius 2 is 1.14 bits per heavy atom. The van der Waals surface area contributed by atoms with Crippen molar-refractivity contribution in [3.63, 3.8) is 0 Å². The van der Waals surface area contributed by atoms with Gasteiger partial charge in [0.1, 0.15) is 23.2 Å². The molecule has 5 nitrogen and oxygen atoms in total. The summed E-state index contributed by atoms with van der Waals surface area (Å²) in [7, 11) is 0. The van der Waals surface area contributed by atoms with E-state index < -0.39 is 6.17 Å². The first-order valence-electron chi connectivity index (χ1n) is 16.9. The van der Waals surface area contributed by atoms with Gasteiger partial charge < -0.3 is 14.3 Å². The quantitative estimate of drug-likeness (QED) is 0.203. The van der Waals surface area contributed by atoms with Crippen LogP contribution in [-0.2, 0) is 0 Å². The molecule has 7 aromatic carbocycles. The summed E-state index contributed by atoms with van der Waals surface area (Å²) in [5.41, 5.74) is 10.3. The van der Waals surface area contributed by atoms with E-state index in [9.17, 15) is 0 Å². The van der Waals surface area contributed by atoms with Crippen LogP contribution in [0.1, 0.15) is 22.9 Å². The number of nitrogens with one attached hydrogen (secondary N) is 1. The number of fused-ring (bicyclic) bond motifs is 6. The lowest BCUT2D eigenvalue weighted by molar-refractivity contribution is 0.661. The maximum absolute atomic E-state index is 6.52. The smallest absolute Gasteiger partial charge is 0.159 e. The number of benzene rings is 7. The molecule has 50 heavy (non-hydrogen) atoms. The first kappa shape index (κ1) is 28.3. The van der Waals surface area contributed by atoms with E-state index in [-0.39, 0.29) is 0 Å². The van der Waals surface area contributed by atoms with Crippen molar-refractivity contribution in [2.75, 3.05) is 0 Å². The number of nitrogens with zero attached hydrogens (tertiary/aromatic N) is 3. The van der Waals surface area contributed by atoms with Gasteiger partial charge in [-0.3, -0.25) is 0 Å². The van der Waals surface area contributed by atoms with E-state index in [1.165, 1.54) is 21.9 Å². The van der Waals surface area contributed by atoms with Crippen molar-refractivity contribution in [1.29, 1.82) is 0 Å². The summed E-state index contributed by atoms with van der Waals surface area (Å²) in [6, 6.07) is 59.1. The summed E-state index contributed by atoms with van der Waals surface area (Å²) in [4.78, 5) is 10.4. The number of furan rings is 1. The first-order valence-corrected chi connectivity index (χ1v) is 16.9. The van der Waals surface area contributed by atoms with Crippen molar-refractivity contribution in [1.82, 2.24) is 9.88 Å². The molecule has 1 unspecified atom stereocenters. The molecule has 10 rings (SSSR count). The molecule has 0 amide bonds.